The van der Waals surface area contributed by atoms with Gasteiger partial charge in [-0.15, -0.1) is 10.2 Å². The molecule has 0 unspecified atom stereocenters. The molecule has 1 aliphatic heterocycles. The third-order valence-corrected chi connectivity index (χ3v) is 7.52. The van der Waals surface area contributed by atoms with Crippen LogP contribution in [-0.2, 0) is 6.54 Å². The lowest BCUT2D eigenvalue weighted by Crippen LogP contribution is -2.27. The normalized spacial score (nSPS) is 12.6. The zero-order valence-corrected chi connectivity index (χ0v) is 25.0. The topological polar surface area (TPSA) is 100 Å². The highest BCUT2D eigenvalue weighted by molar-refractivity contribution is 6.32. The van der Waals surface area contributed by atoms with Gasteiger partial charge >= 0.3 is 5.97 Å². The molecule has 42 heavy (non-hydrogen) atoms. The van der Waals surface area contributed by atoms with E-state index in [0.29, 0.717) is 10.6 Å². The van der Waals surface area contributed by atoms with Crippen molar-refractivity contribution in [3.05, 3.63) is 101 Å². The lowest BCUT2D eigenvalue weighted by atomic mass is 9.98. The summed E-state index contributed by atoms with van der Waals surface area (Å²) < 4.78 is 1.82. The first-order valence-electron chi connectivity index (χ1n) is 14.4. The first kappa shape index (κ1) is 30.9. The molecule has 1 saturated heterocycles. The summed E-state index contributed by atoms with van der Waals surface area (Å²) in [6.07, 6.45) is 9.08. The molecule has 3 aromatic carbocycles. The van der Waals surface area contributed by atoms with Crippen LogP contribution >= 0.6 is 11.6 Å². The van der Waals surface area contributed by atoms with E-state index in [1.54, 1.807) is 29.7 Å². The van der Waals surface area contributed by atoms with Gasteiger partial charge in [-0.25, -0.2) is 4.79 Å². The molecule has 4 aromatic rings. The lowest BCUT2D eigenvalue weighted by Gasteiger charge is -2.16. The van der Waals surface area contributed by atoms with E-state index in [2.05, 4.69) is 28.5 Å². The maximum Gasteiger partial charge on any atom is 0.335 e. The molecule has 0 aliphatic carbocycles. The highest BCUT2D eigenvalue weighted by Crippen LogP contribution is 2.25. The summed E-state index contributed by atoms with van der Waals surface area (Å²) in [6, 6.07) is 18.8. The molecular formula is C33H38ClN5O3. The number of carboxylic acids is 1. The van der Waals surface area contributed by atoms with Gasteiger partial charge in [0.05, 0.1) is 16.3 Å². The predicted octanol–water partition coefficient (Wildman–Crippen LogP) is 6.80. The van der Waals surface area contributed by atoms with Crippen LogP contribution in [0.2, 0.25) is 5.02 Å². The van der Waals surface area contributed by atoms with Gasteiger partial charge in [0.2, 0.25) is 0 Å². The van der Waals surface area contributed by atoms with E-state index in [1.165, 1.54) is 30.9 Å². The SMILES string of the molecule is CCCCCNCc1ccc(Cl)c(-n2cnnc2)c1.Cc1ccc(-c2cc(C(=O)O)cc(C(=O)N3CCCC3)c2)cc1. The summed E-state index contributed by atoms with van der Waals surface area (Å²) in [5.41, 5.74) is 5.52. The Morgan fingerprint density at radius 3 is 2.26 bits per heavy atom. The van der Waals surface area contributed by atoms with Crippen molar-refractivity contribution in [3.8, 4) is 16.8 Å². The number of carbonyl (C=O) groups excluding carboxylic acids is 1. The number of hydrogen-bond acceptors (Lipinski definition) is 5. The van der Waals surface area contributed by atoms with Crippen molar-refractivity contribution in [3.63, 3.8) is 0 Å². The van der Waals surface area contributed by atoms with Gasteiger partial charge < -0.3 is 15.3 Å². The lowest BCUT2D eigenvalue weighted by molar-refractivity contribution is 0.0697. The van der Waals surface area contributed by atoms with Crippen molar-refractivity contribution in [2.24, 2.45) is 0 Å². The third kappa shape index (κ3) is 8.50. The van der Waals surface area contributed by atoms with Crippen LogP contribution in [0.25, 0.3) is 16.8 Å². The van der Waals surface area contributed by atoms with E-state index in [4.69, 9.17) is 11.6 Å². The number of carboxylic acid groups (broad SMARTS) is 1. The molecular weight excluding hydrogens is 550 g/mol. The van der Waals surface area contributed by atoms with E-state index in [0.717, 1.165) is 61.4 Å². The van der Waals surface area contributed by atoms with Gasteiger partial charge in [0.25, 0.3) is 5.91 Å². The summed E-state index contributed by atoms with van der Waals surface area (Å²) in [4.78, 5) is 25.8. The summed E-state index contributed by atoms with van der Waals surface area (Å²) in [5, 5.41) is 21.1. The molecule has 2 N–H and O–H groups in total. The van der Waals surface area contributed by atoms with Crippen molar-refractivity contribution in [2.75, 3.05) is 19.6 Å². The summed E-state index contributed by atoms with van der Waals surface area (Å²) in [7, 11) is 0. The molecule has 2 heterocycles. The molecule has 0 radical (unpaired) electrons. The standard InChI is InChI=1S/C19H19NO3.C14H19ClN4/c1-13-4-6-14(7-5-13)15-10-16(12-17(11-15)19(22)23)18(21)20-8-2-3-9-20;1-2-3-4-7-16-9-12-5-6-13(15)14(8-12)19-10-17-18-11-19/h4-7,10-12H,2-3,8-9H2,1H3,(H,22,23);5-6,8,10-11,16H,2-4,7,9H2,1H3. The second-order valence-corrected chi connectivity index (χ2v) is 10.9. The minimum atomic E-state index is -1.02. The second kappa shape index (κ2) is 15.3. The maximum atomic E-state index is 12.6. The fourth-order valence-electron chi connectivity index (χ4n) is 4.81. The Morgan fingerprint density at radius 1 is 0.905 bits per heavy atom. The minimum Gasteiger partial charge on any atom is -0.478 e. The first-order valence-corrected chi connectivity index (χ1v) is 14.8. The number of nitrogens with one attached hydrogen (secondary N) is 1. The highest BCUT2D eigenvalue weighted by Gasteiger charge is 2.21. The Balaban J connectivity index is 0.000000197. The number of likely N-dealkylation sites (tertiary alicyclic amines) is 1. The van der Waals surface area contributed by atoms with Crippen LogP contribution in [0.15, 0.2) is 73.3 Å². The highest BCUT2D eigenvalue weighted by atomic mass is 35.5. The average molecular weight is 588 g/mol. The third-order valence-electron chi connectivity index (χ3n) is 7.20. The number of benzene rings is 3. The van der Waals surface area contributed by atoms with Crippen molar-refractivity contribution in [1.82, 2.24) is 25.0 Å². The van der Waals surface area contributed by atoms with Crippen LogP contribution in [0.3, 0.4) is 0 Å². The van der Waals surface area contributed by atoms with Crippen LogP contribution in [0.1, 0.15) is 70.9 Å². The molecule has 0 bridgehead atoms. The van der Waals surface area contributed by atoms with Crippen molar-refractivity contribution < 1.29 is 14.7 Å². The molecule has 8 nitrogen and oxygen atoms in total. The molecule has 9 heteroatoms. The Hall–Kier alpha value is -4.01. The first-order chi connectivity index (χ1) is 20.4. The number of nitrogens with zero attached hydrogens (tertiary/aromatic N) is 4. The van der Waals surface area contributed by atoms with E-state index in [1.807, 2.05) is 47.9 Å². The summed E-state index contributed by atoms with van der Waals surface area (Å²) >= 11 is 6.19. The van der Waals surface area contributed by atoms with E-state index in [-0.39, 0.29) is 11.5 Å². The number of unbranched alkanes of at least 4 members (excludes halogenated alkanes) is 2. The van der Waals surface area contributed by atoms with Gasteiger partial charge in [-0.05, 0) is 79.8 Å². The number of halogens is 1. The second-order valence-electron chi connectivity index (χ2n) is 10.5. The quantitative estimate of drug-likeness (QED) is 0.198. The Kier molecular flexibility index (Phi) is 11.3. The van der Waals surface area contributed by atoms with Gasteiger partial charge in [-0.3, -0.25) is 9.36 Å². The fraction of sp³-hybridized carbons (Fsp3) is 0.333. The number of carbonyl (C=O) groups is 2. The Bertz CT molecular complexity index is 1470. The molecule has 0 spiro atoms. The molecule has 1 aromatic heterocycles. The molecule has 5 rings (SSSR count). The molecule has 0 saturated carbocycles. The Morgan fingerprint density at radius 2 is 1.60 bits per heavy atom. The largest absolute Gasteiger partial charge is 0.478 e. The Labute approximate surface area is 252 Å². The smallest absolute Gasteiger partial charge is 0.335 e. The number of aromatic carboxylic acids is 1. The van der Waals surface area contributed by atoms with E-state index >= 15 is 0 Å². The minimum absolute atomic E-state index is 0.0843. The van der Waals surface area contributed by atoms with Crippen LogP contribution < -0.4 is 5.32 Å². The number of rotatable bonds is 10. The van der Waals surface area contributed by atoms with E-state index < -0.39 is 5.97 Å². The van der Waals surface area contributed by atoms with Gasteiger partial charge in [0.15, 0.2) is 0 Å². The van der Waals surface area contributed by atoms with Crippen molar-refractivity contribution in [2.45, 2.75) is 52.5 Å². The van der Waals surface area contributed by atoms with Gasteiger partial charge in [-0.2, -0.15) is 0 Å². The summed E-state index contributed by atoms with van der Waals surface area (Å²) in [5.74, 6) is -1.10. The van der Waals surface area contributed by atoms with Crippen LogP contribution in [0.5, 0.6) is 0 Å². The number of amides is 1. The van der Waals surface area contributed by atoms with Gasteiger partial charge in [0.1, 0.15) is 12.7 Å². The molecule has 220 valence electrons. The van der Waals surface area contributed by atoms with Gasteiger partial charge in [-0.1, -0.05) is 67.3 Å². The van der Waals surface area contributed by atoms with Crippen LogP contribution in [0.4, 0.5) is 0 Å². The van der Waals surface area contributed by atoms with Crippen LogP contribution in [0, 0.1) is 6.92 Å². The van der Waals surface area contributed by atoms with Crippen molar-refractivity contribution in [1.29, 1.82) is 0 Å². The maximum absolute atomic E-state index is 12.6. The molecule has 1 fully saturated rings. The average Bonchev–Trinajstić information content (AvgIpc) is 3.73. The number of aromatic nitrogens is 3. The molecule has 1 amide bonds. The molecule has 0 atom stereocenters. The van der Waals surface area contributed by atoms with E-state index in [9.17, 15) is 14.7 Å². The zero-order valence-electron chi connectivity index (χ0n) is 24.2. The molecule has 1 aliphatic rings. The van der Waals surface area contributed by atoms with Crippen LogP contribution in [-0.4, -0.2) is 56.3 Å². The number of aryl methyl sites for hydroxylation is 1. The summed E-state index contributed by atoms with van der Waals surface area (Å²) in [6.45, 7) is 7.62. The number of hydrogen-bond donors (Lipinski definition) is 2. The van der Waals surface area contributed by atoms with Gasteiger partial charge in [0, 0.05) is 25.2 Å². The van der Waals surface area contributed by atoms with Crippen molar-refractivity contribution >= 4 is 23.5 Å². The monoisotopic (exact) mass is 587 g/mol. The zero-order chi connectivity index (χ0) is 29.9. The predicted molar refractivity (Wildman–Crippen MR) is 166 cm³/mol. The fourth-order valence-corrected chi connectivity index (χ4v) is 5.03.